The normalized spacial score (nSPS) is 10.7. The van der Waals surface area contributed by atoms with Crippen molar-refractivity contribution in [1.29, 1.82) is 0 Å². The summed E-state index contributed by atoms with van der Waals surface area (Å²) in [5, 5.41) is 0.869. The summed E-state index contributed by atoms with van der Waals surface area (Å²) in [7, 11) is 1.69. The number of hydrogen-bond donors (Lipinski definition) is 0. The Morgan fingerprint density at radius 2 is 2.11 bits per heavy atom. The summed E-state index contributed by atoms with van der Waals surface area (Å²) in [6.07, 6.45) is 3.47. The van der Waals surface area contributed by atoms with Gasteiger partial charge in [0.05, 0.1) is 25.1 Å². The molecule has 102 valence electrons. The van der Waals surface area contributed by atoms with Crippen LogP contribution in [-0.2, 0) is 4.74 Å². The zero-order valence-corrected chi connectivity index (χ0v) is 12.7. The second kappa shape index (κ2) is 8.26. The highest BCUT2D eigenvalue weighted by Gasteiger charge is 2.09. The predicted octanol–water partition coefficient (Wildman–Crippen LogP) is 2.11. The Bertz CT molecular complexity index is 350. The molecule has 1 aromatic heterocycles. The van der Waals surface area contributed by atoms with Crippen LogP contribution in [0.4, 0.5) is 5.82 Å². The number of nitrogens with zero attached hydrogens (tertiary/aromatic N) is 3. The maximum atomic E-state index is 5.54. The van der Waals surface area contributed by atoms with Crippen LogP contribution in [0.25, 0.3) is 0 Å². The Labute approximate surface area is 117 Å². The van der Waals surface area contributed by atoms with Gasteiger partial charge in [-0.15, -0.1) is 0 Å². The summed E-state index contributed by atoms with van der Waals surface area (Å²) < 4.78 is 10.6. The maximum Gasteiger partial charge on any atom is 0.234 e. The van der Waals surface area contributed by atoms with Crippen LogP contribution in [0.5, 0.6) is 5.88 Å². The molecule has 5 nitrogen and oxygen atoms in total. The van der Waals surface area contributed by atoms with Gasteiger partial charge in [0.1, 0.15) is 0 Å². The van der Waals surface area contributed by atoms with Gasteiger partial charge in [0.15, 0.2) is 5.82 Å². The maximum absolute atomic E-state index is 5.54. The van der Waals surface area contributed by atoms with Gasteiger partial charge in [-0.25, -0.2) is 0 Å². The molecule has 0 aromatic carbocycles. The van der Waals surface area contributed by atoms with Gasteiger partial charge in [0, 0.05) is 25.5 Å². The lowest BCUT2D eigenvalue weighted by Gasteiger charge is -2.22. The molecule has 1 aromatic rings. The Kier molecular flexibility index (Phi) is 6.97. The standard InChI is InChI=1S/C12H20BrN3O2/c1-10(2)18-12-9-14-8-11(15-12)16(5-4-13)6-7-17-3/h8-10H,4-7H2,1-3H3. The van der Waals surface area contributed by atoms with Crippen molar-refractivity contribution in [2.24, 2.45) is 0 Å². The van der Waals surface area contributed by atoms with Gasteiger partial charge in [-0.1, -0.05) is 15.9 Å². The average molecular weight is 318 g/mol. The van der Waals surface area contributed by atoms with Crippen LogP contribution in [0.1, 0.15) is 13.8 Å². The van der Waals surface area contributed by atoms with Crippen molar-refractivity contribution in [3.8, 4) is 5.88 Å². The highest BCUT2D eigenvalue weighted by molar-refractivity contribution is 9.09. The average Bonchev–Trinajstić information content (AvgIpc) is 2.34. The molecule has 0 saturated carbocycles. The lowest BCUT2D eigenvalue weighted by molar-refractivity contribution is 0.205. The van der Waals surface area contributed by atoms with Crippen LogP contribution < -0.4 is 9.64 Å². The number of ether oxygens (including phenoxy) is 2. The Hall–Kier alpha value is -0.880. The van der Waals surface area contributed by atoms with E-state index in [2.05, 4.69) is 30.8 Å². The van der Waals surface area contributed by atoms with Crippen LogP contribution in [0.3, 0.4) is 0 Å². The molecule has 0 radical (unpaired) electrons. The van der Waals surface area contributed by atoms with Gasteiger partial charge in [0.25, 0.3) is 0 Å². The summed E-state index contributed by atoms with van der Waals surface area (Å²) in [5.74, 6) is 1.36. The molecule has 0 spiro atoms. The van der Waals surface area contributed by atoms with Gasteiger partial charge < -0.3 is 14.4 Å². The minimum absolute atomic E-state index is 0.0955. The fourth-order valence-corrected chi connectivity index (χ4v) is 1.86. The summed E-state index contributed by atoms with van der Waals surface area (Å²) in [6.45, 7) is 6.22. The van der Waals surface area contributed by atoms with E-state index in [1.807, 2.05) is 13.8 Å². The summed E-state index contributed by atoms with van der Waals surface area (Å²) >= 11 is 3.44. The van der Waals surface area contributed by atoms with E-state index in [1.54, 1.807) is 19.5 Å². The van der Waals surface area contributed by atoms with Crippen molar-refractivity contribution in [2.45, 2.75) is 20.0 Å². The first-order valence-electron chi connectivity index (χ1n) is 5.96. The van der Waals surface area contributed by atoms with Crippen molar-refractivity contribution < 1.29 is 9.47 Å². The third kappa shape index (κ3) is 5.18. The highest BCUT2D eigenvalue weighted by atomic mass is 79.9. The van der Waals surface area contributed by atoms with Gasteiger partial charge in [-0.3, -0.25) is 4.98 Å². The van der Waals surface area contributed by atoms with E-state index < -0.39 is 0 Å². The molecule has 0 bridgehead atoms. The largest absolute Gasteiger partial charge is 0.474 e. The van der Waals surface area contributed by atoms with E-state index in [4.69, 9.17) is 9.47 Å². The second-order valence-corrected chi connectivity index (χ2v) is 4.84. The molecule has 0 aliphatic rings. The number of anilines is 1. The van der Waals surface area contributed by atoms with Crippen molar-refractivity contribution in [3.63, 3.8) is 0 Å². The monoisotopic (exact) mass is 317 g/mol. The van der Waals surface area contributed by atoms with Gasteiger partial charge in [0.2, 0.25) is 5.88 Å². The molecule has 0 saturated heterocycles. The zero-order valence-electron chi connectivity index (χ0n) is 11.1. The molecule has 0 unspecified atom stereocenters. The van der Waals surface area contributed by atoms with Gasteiger partial charge in [-0.05, 0) is 13.8 Å². The van der Waals surface area contributed by atoms with E-state index in [0.29, 0.717) is 12.5 Å². The summed E-state index contributed by atoms with van der Waals surface area (Å²) in [4.78, 5) is 10.7. The van der Waals surface area contributed by atoms with Crippen LogP contribution in [0.15, 0.2) is 12.4 Å². The Morgan fingerprint density at radius 3 is 2.72 bits per heavy atom. The van der Waals surface area contributed by atoms with Crippen LogP contribution >= 0.6 is 15.9 Å². The summed E-state index contributed by atoms with van der Waals surface area (Å²) in [6, 6.07) is 0. The highest BCUT2D eigenvalue weighted by Crippen LogP contribution is 2.15. The van der Waals surface area contributed by atoms with Crippen molar-refractivity contribution in [2.75, 3.05) is 37.0 Å². The van der Waals surface area contributed by atoms with Crippen LogP contribution in [-0.4, -0.2) is 48.2 Å². The molecular formula is C12H20BrN3O2. The molecular weight excluding hydrogens is 298 g/mol. The first-order chi connectivity index (χ1) is 8.67. The minimum atomic E-state index is 0.0955. The minimum Gasteiger partial charge on any atom is -0.474 e. The number of methoxy groups -OCH3 is 1. The van der Waals surface area contributed by atoms with Crippen molar-refractivity contribution in [1.82, 2.24) is 9.97 Å². The molecule has 18 heavy (non-hydrogen) atoms. The van der Waals surface area contributed by atoms with E-state index in [0.717, 1.165) is 24.2 Å². The smallest absolute Gasteiger partial charge is 0.234 e. The quantitative estimate of drug-likeness (QED) is 0.687. The summed E-state index contributed by atoms with van der Waals surface area (Å²) in [5.41, 5.74) is 0. The molecule has 0 aliphatic heterocycles. The molecule has 0 fully saturated rings. The lowest BCUT2D eigenvalue weighted by Crippen LogP contribution is -2.30. The zero-order chi connectivity index (χ0) is 13.4. The van der Waals surface area contributed by atoms with E-state index in [9.17, 15) is 0 Å². The van der Waals surface area contributed by atoms with Crippen LogP contribution in [0, 0.1) is 0 Å². The van der Waals surface area contributed by atoms with Gasteiger partial charge >= 0.3 is 0 Å². The predicted molar refractivity (Wildman–Crippen MR) is 75.7 cm³/mol. The number of aromatic nitrogens is 2. The fraction of sp³-hybridized carbons (Fsp3) is 0.667. The SMILES string of the molecule is COCCN(CCBr)c1cncc(OC(C)C)n1. The topological polar surface area (TPSA) is 47.5 Å². The van der Waals surface area contributed by atoms with Crippen molar-refractivity contribution in [3.05, 3.63) is 12.4 Å². The van der Waals surface area contributed by atoms with Crippen LogP contribution in [0.2, 0.25) is 0 Å². The molecule has 6 heteroatoms. The first kappa shape index (κ1) is 15.2. The van der Waals surface area contributed by atoms with Gasteiger partial charge in [-0.2, -0.15) is 4.98 Å². The van der Waals surface area contributed by atoms with E-state index in [1.165, 1.54) is 0 Å². The molecule has 1 heterocycles. The third-order valence-corrected chi connectivity index (χ3v) is 2.55. The number of rotatable bonds is 8. The fourth-order valence-electron chi connectivity index (χ4n) is 1.43. The molecule has 0 N–H and O–H groups in total. The number of hydrogen-bond acceptors (Lipinski definition) is 5. The second-order valence-electron chi connectivity index (χ2n) is 4.05. The molecule has 1 rings (SSSR count). The molecule has 0 amide bonds. The van der Waals surface area contributed by atoms with E-state index >= 15 is 0 Å². The first-order valence-corrected chi connectivity index (χ1v) is 7.08. The van der Waals surface area contributed by atoms with E-state index in [-0.39, 0.29) is 6.10 Å². The van der Waals surface area contributed by atoms with Crippen molar-refractivity contribution >= 4 is 21.7 Å². The molecule has 0 aliphatic carbocycles. The number of alkyl halides is 1. The molecule has 0 atom stereocenters. The Morgan fingerprint density at radius 1 is 1.33 bits per heavy atom. The Balaban J connectivity index is 2.76. The third-order valence-electron chi connectivity index (χ3n) is 2.20. The lowest BCUT2D eigenvalue weighted by atomic mass is 10.4. The number of halogens is 1.